The van der Waals surface area contributed by atoms with E-state index in [2.05, 4.69) is 24.8 Å². The molecule has 2 atom stereocenters. The fraction of sp³-hybridized carbons (Fsp3) is 0.467. The Hall–Kier alpha value is -2.46. The SMILES string of the molecule is CO[C@@H]1C[C@@H](c2nc(C)c(C)[nH]2)N(c2cnc(C#N)cn2)C1. The molecule has 0 amide bonds. The predicted octanol–water partition coefficient (Wildman–Crippen LogP) is 1.65. The van der Waals surface area contributed by atoms with Crippen molar-refractivity contribution >= 4 is 5.82 Å². The van der Waals surface area contributed by atoms with Crippen LogP contribution in [0.25, 0.3) is 0 Å². The number of aromatic nitrogens is 4. The van der Waals surface area contributed by atoms with Crippen molar-refractivity contribution in [3.8, 4) is 6.07 Å². The van der Waals surface area contributed by atoms with Gasteiger partial charge < -0.3 is 14.6 Å². The highest BCUT2D eigenvalue weighted by Crippen LogP contribution is 2.35. The summed E-state index contributed by atoms with van der Waals surface area (Å²) < 4.78 is 5.51. The van der Waals surface area contributed by atoms with Crippen molar-refractivity contribution < 1.29 is 4.74 Å². The second-order valence-corrected chi connectivity index (χ2v) is 5.47. The second-order valence-electron chi connectivity index (χ2n) is 5.47. The van der Waals surface area contributed by atoms with Crippen LogP contribution in [0, 0.1) is 25.2 Å². The minimum atomic E-state index is 0.0691. The van der Waals surface area contributed by atoms with Crippen molar-refractivity contribution in [3.63, 3.8) is 0 Å². The zero-order valence-electron chi connectivity index (χ0n) is 12.9. The fourth-order valence-electron chi connectivity index (χ4n) is 2.74. The van der Waals surface area contributed by atoms with Crippen LogP contribution in [0.4, 0.5) is 5.82 Å². The summed E-state index contributed by atoms with van der Waals surface area (Å²) >= 11 is 0. The van der Waals surface area contributed by atoms with Gasteiger partial charge in [0.25, 0.3) is 0 Å². The molecule has 0 spiro atoms. The Labute approximate surface area is 129 Å². The first kappa shape index (κ1) is 14.5. The quantitative estimate of drug-likeness (QED) is 0.926. The molecule has 0 aromatic carbocycles. The molecule has 0 unspecified atom stereocenters. The molecule has 0 saturated carbocycles. The summed E-state index contributed by atoms with van der Waals surface area (Å²) in [6, 6.07) is 2.05. The van der Waals surface area contributed by atoms with Crippen molar-refractivity contribution in [1.29, 1.82) is 5.26 Å². The maximum atomic E-state index is 8.84. The van der Waals surface area contributed by atoms with Crippen molar-refractivity contribution in [2.24, 2.45) is 0 Å². The average molecular weight is 298 g/mol. The van der Waals surface area contributed by atoms with Crippen LogP contribution in [-0.4, -0.2) is 39.7 Å². The molecule has 7 nitrogen and oxygen atoms in total. The lowest BCUT2D eigenvalue weighted by molar-refractivity contribution is 0.118. The maximum Gasteiger partial charge on any atom is 0.158 e. The number of ether oxygens (including phenoxy) is 1. The van der Waals surface area contributed by atoms with E-state index in [0.29, 0.717) is 5.69 Å². The van der Waals surface area contributed by atoms with Gasteiger partial charge in [0.1, 0.15) is 17.7 Å². The Morgan fingerprint density at radius 2 is 2.18 bits per heavy atom. The molecule has 7 heteroatoms. The van der Waals surface area contributed by atoms with Crippen LogP contribution in [-0.2, 0) is 4.74 Å². The third-order valence-corrected chi connectivity index (χ3v) is 4.11. The van der Waals surface area contributed by atoms with E-state index in [4.69, 9.17) is 10.00 Å². The van der Waals surface area contributed by atoms with Gasteiger partial charge in [-0.25, -0.2) is 15.0 Å². The summed E-state index contributed by atoms with van der Waals surface area (Å²) in [5.41, 5.74) is 2.39. The smallest absolute Gasteiger partial charge is 0.158 e. The Balaban J connectivity index is 1.93. The number of nitrogens with one attached hydrogen (secondary N) is 1. The van der Waals surface area contributed by atoms with Gasteiger partial charge in [0, 0.05) is 25.8 Å². The molecular formula is C15H18N6O. The average Bonchev–Trinajstić information content (AvgIpc) is 3.11. The van der Waals surface area contributed by atoms with E-state index in [9.17, 15) is 0 Å². The third kappa shape index (κ3) is 2.53. The van der Waals surface area contributed by atoms with E-state index in [1.54, 1.807) is 13.3 Å². The molecule has 1 N–H and O–H groups in total. The topological polar surface area (TPSA) is 90.7 Å². The number of nitrogens with zero attached hydrogens (tertiary/aromatic N) is 5. The Bertz CT molecular complexity index is 682. The van der Waals surface area contributed by atoms with E-state index in [1.165, 1.54) is 6.20 Å². The van der Waals surface area contributed by atoms with Gasteiger partial charge in [0.15, 0.2) is 5.69 Å². The van der Waals surface area contributed by atoms with Gasteiger partial charge in [-0.1, -0.05) is 0 Å². The maximum absolute atomic E-state index is 8.84. The summed E-state index contributed by atoms with van der Waals surface area (Å²) in [6.07, 6.45) is 4.08. The summed E-state index contributed by atoms with van der Waals surface area (Å²) in [7, 11) is 1.72. The number of hydrogen-bond acceptors (Lipinski definition) is 6. The van der Waals surface area contributed by atoms with Crippen LogP contribution in [0.5, 0.6) is 0 Å². The number of H-pyrrole nitrogens is 1. The van der Waals surface area contributed by atoms with Crippen LogP contribution in [0.2, 0.25) is 0 Å². The van der Waals surface area contributed by atoms with E-state index in [-0.39, 0.29) is 12.1 Å². The lowest BCUT2D eigenvalue weighted by atomic mass is 10.2. The van der Waals surface area contributed by atoms with E-state index in [0.717, 1.165) is 36.0 Å². The van der Waals surface area contributed by atoms with Crippen LogP contribution >= 0.6 is 0 Å². The summed E-state index contributed by atoms with van der Waals surface area (Å²) in [5, 5.41) is 8.84. The van der Waals surface area contributed by atoms with Gasteiger partial charge in [0.05, 0.1) is 30.2 Å². The molecule has 22 heavy (non-hydrogen) atoms. The lowest BCUT2D eigenvalue weighted by Gasteiger charge is -2.23. The van der Waals surface area contributed by atoms with Crippen LogP contribution in [0.15, 0.2) is 12.4 Å². The van der Waals surface area contributed by atoms with Gasteiger partial charge in [0.2, 0.25) is 0 Å². The number of methoxy groups -OCH3 is 1. The molecule has 1 aliphatic rings. The first-order valence-corrected chi connectivity index (χ1v) is 7.17. The molecular weight excluding hydrogens is 280 g/mol. The van der Waals surface area contributed by atoms with E-state index < -0.39 is 0 Å². The minimum absolute atomic E-state index is 0.0691. The van der Waals surface area contributed by atoms with Crippen molar-refractivity contribution in [1.82, 2.24) is 19.9 Å². The minimum Gasteiger partial charge on any atom is -0.380 e. The number of nitriles is 1. The molecule has 0 radical (unpaired) electrons. The summed E-state index contributed by atoms with van der Waals surface area (Å²) in [4.78, 5) is 18.5. The standard InChI is InChI=1S/C15H18N6O/c1-9-10(2)20-15(19-9)13-4-12(22-3)8-21(13)14-7-17-11(5-16)6-18-14/h6-7,12-13H,4,8H2,1-3H3,(H,19,20)/t12-,13+/m1/s1. The Morgan fingerprint density at radius 1 is 1.36 bits per heavy atom. The van der Waals surface area contributed by atoms with Crippen molar-refractivity contribution in [2.75, 3.05) is 18.6 Å². The predicted molar refractivity (Wildman–Crippen MR) is 80.3 cm³/mol. The Morgan fingerprint density at radius 3 is 2.73 bits per heavy atom. The Kier molecular flexibility index (Phi) is 3.77. The summed E-state index contributed by atoms with van der Waals surface area (Å²) in [6.45, 7) is 4.73. The van der Waals surface area contributed by atoms with E-state index >= 15 is 0 Å². The monoisotopic (exact) mass is 298 g/mol. The molecule has 2 aromatic heterocycles. The highest BCUT2D eigenvalue weighted by atomic mass is 16.5. The van der Waals surface area contributed by atoms with Gasteiger partial charge in [-0.3, -0.25) is 0 Å². The fourth-order valence-corrected chi connectivity index (χ4v) is 2.74. The number of imidazole rings is 1. The molecule has 2 aromatic rings. The molecule has 3 rings (SSSR count). The second kappa shape index (κ2) is 5.73. The van der Waals surface area contributed by atoms with Crippen molar-refractivity contribution in [3.05, 3.63) is 35.3 Å². The first-order valence-electron chi connectivity index (χ1n) is 7.17. The number of rotatable bonds is 3. The number of hydrogen-bond donors (Lipinski definition) is 1. The largest absolute Gasteiger partial charge is 0.380 e. The van der Waals surface area contributed by atoms with E-state index in [1.807, 2.05) is 19.9 Å². The molecule has 3 heterocycles. The van der Waals surface area contributed by atoms with Gasteiger partial charge in [-0.05, 0) is 13.8 Å². The summed E-state index contributed by atoms with van der Waals surface area (Å²) in [5.74, 6) is 1.65. The molecule has 0 aliphatic carbocycles. The normalized spacial score (nSPS) is 21.1. The molecule has 1 aliphatic heterocycles. The first-order chi connectivity index (χ1) is 10.6. The highest BCUT2D eigenvalue weighted by molar-refractivity contribution is 5.42. The molecule has 114 valence electrons. The number of anilines is 1. The molecule has 1 fully saturated rings. The van der Waals surface area contributed by atoms with Gasteiger partial charge >= 0.3 is 0 Å². The zero-order chi connectivity index (χ0) is 15.7. The third-order valence-electron chi connectivity index (χ3n) is 4.11. The van der Waals surface area contributed by atoms with Crippen LogP contribution in [0.1, 0.15) is 35.4 Å². The lowest BCUT2D eigenvalue weighted by Crippen LogP contribution is -2.26. The number of aryl methyl sites for hydroxylation is 2. The molecule has 1 saturated heterocycles. The molecule has 0 bridgehead atoms. The highest BCUT2D eigenvalue weighted by Gasteiger charge is 2.36. The van der Waals surface area contributed by atoms with Crippen LogP contribution < -0.4 is 4.90 Å². The zero-order valence-corrected chi connectivity index (χ0v) is 12.9. The number of aromatic amines is 1. The van der Waals surface area contributed by atoms with Gasteiger partial charge in [-0.2, -0.15) is 5.26 Å². The van der Waals surface area contributed by atoms with Gasteiger partial charge in [-0.15, -0.1) is 0 Å². The van der Waals surface area contributed by atoms with Crippen molar-refractivity contribution in [2.45, 2.75) is 32.4 Å². The van der Waals surface area contributed by atoms with Crippen LogP contribution in [0.3, 0.4) is 0 Å².